The molecule has 0 aliphatic rings. The number of carbonyl (C=O) groups excluding carboxylic acids is 1. The third kappa shape index (κ3) is 5.53. The van der Waals surface area contributed by atoms with Crippen molar-refractivity contribution < 1.29 is 24.2 Å². The number of ether oxygens (including phenoxy) is 2. The molecule has 0 spiro atoms. The maximum absolute atomic E-state index is 12.1. The largest absolute Gasteiger partial charge is 0.494 e. The highest BCUT2D eigenvalue weighted by molar-refractivity contribution is 5.87. The summed E-state index contributed by atoms with van der Waals surface area (Å²) in [5.41, 5.74) is 1.07. The fourth-order valence-electron chi connectivity index (χ4n) is 2.17. The van der Waals surface area contributed by atoms with Crippen molar-refractivity contribution in [1.82, 2.24) is 4.90 Å². The lowest BCUT2D eigenvalue weighted by molar-refractivity contribution is -0.132. The molecule has 6 nitrogen and oxygen atoms in total. The van der Waals surface area contributed by atoms with Crippen LogP contribution in [0.2, 0.25) is 0 Å². The van der Waals surface area contributed by atoms with E-state index in [0.717, 1.165) is 11.3 Å². The summed E-state index contributed by atoms with van der Waals surface area (Å²) in [4.78, 5) is 24.5. The van der Waals surface area contributed by atoms with Gasteiger partial charge in [0.1, 0.15) is 11.5 Å². The number of amides is 1. The van der Waals surface area contributed by atoms with Crippen LogP contribution in [0.25, 0.3) is 0 Å². The quantitative estimate of drug-likeness (QED) is 0.798. The van der Waals surface area contributed by atoms with E-state index < -0.39 is 5.97 Å². The number of benzene rings is 2. The molecule has 0 unspecified atom stereocenters. The third-order valence-corrected chi connectivity index (χ3v) is 3.54. The maximum atomic E-state index is 12.1. The molecule has 1 amide bonds. The Hall–Kier alpha value is -3.02. The molecule has 2 rings (SSSR count). The van der Waals surface area contributed by atoms with E-state index in [1.54, 1.807) is 43.4 Å². The highest BCUT2D eigenvalue weighted by atomic mass is 16.5. The van der Waals surface area contributed by atoms with Crippen LogP contribution in [0.3, 0.4) is 0 Å². The minimum absolute atomic E-state index is 0.0717. The van der Waals surface area contributed by atoms with Crippen molar-refractivity contribution in [2.45, 2.75) is 13.5 Å². The number of hydrogen-bond donors (Lipinski definition) is 1. The van der Waals surface area contributed by atoms with Crippen LogP contribution < -0.4 is 9.47 Å². The third-order valence-electron chi connectivity index (χ3n) is 3.54. The van der Waals surface area contributed by atoms with Gasteiger partial charge < -0.3 is 19.5 Å². The number of nitrogens with zero attached hydrogens (tertiary/aromatic N) is 1. The van der Waals surface area contributed by atoms with Crippen molar-refractivity contribution in [2.75, 3.05) is 20.3 Å². The average Bonchev–Trinajstić information content (AvgIpc) is 2.61. The Kier molecular flexibility index (Phi) is 6.39. The van der Waals surface area contributed by atoms with Crippen LogP contribution in [0.15, 0.2) is 48.5 Å². The summed E-state index contributed by atoms with van der Waals surface area (Å²) in [5.74, 6) is 0.204. The van der Waals surface area contributed by atoms with Crippen molar-refractivity contribution in [3.8, 4) is 11.5 Å². The molecule has 0 radical (unpaired) electrons. The first kappa shape index (κ1) is 18.3. The zero-order valence-corrected chi connectivity index (χ0v) is 14.3. The molecule has 0 saturated heterocycles. The molecule has 2 aromatic rings. The van der Waals surface area contributed by atoms with Gasteiger partial charge in [0, 0.05) is 13.6 Å². The van der Waals surface area contributed by atoms with Crippen LogP contribution >= 0.6 is 0 Å². The molecule has 0 saturated carbocycles. The summed E-state index contributed by atoms with van der Waals surface area (Å²) in [6, 6.07) is 13.5. The average molecular weight is 343 g/mol. The van der Waals surface area contributed by atoms with E-state index in [1.807, 2.05) is 6.92 Å². The topological polar surface area (TPSA) is 76.1 Å². The van der Waals surface area contributed by atoms with Gasteiger partial charge in [-0.25, -0.2) is 4.79 Å². The van der Waals surface area contributed by atoms with Crippen molar-refractivity contribution in [1.29, 1.82) is 0 Å². The number of carboxylic acids is 1. The molecular weight excluding hydrogens is 322 g/mol. The van der Waals surface area contributed by atoms with Gasteiger partial charge in [-0.2, -0.15) is 0 Å². The molecule has 132 valence electrons. The standard InChI is InChI=1S/C19H21NO5/c1-3-24-16-8-10-17(11-9-16)25-13-18(21)20(2)12-14-4-6-15(7-5-14)19(22)23/h4-11H,3,12-13H2,1-2H3,(H,22,23). The Balaban J connectivity index is 1.84. The van der Waals surface area contributed by atoms with Gasteiger partial charge in [0.05, 0.1) is 12.2 Å². The summed E-state index contributed by atoms with van der Waals surface area (Å²) in [6.45, 7) is 2.81. The van der Waals surface area contributed by atoms with Crippen LogP contribution in [0.4, 0.5) is 0 Å². The molecule has 0 aromatic heterocycles. The van der Waals surface area contributed by atoms with Gasteiger partial charge in [-0.3, -0.25) is 4.79 Å². The number of carboxylic acid groups (broad SMARTS) is 1. The predicted octanol–water partition coefficient (Wildman–Crippen LogP) is 2.82. The highest BCUT2D eigenvalue weighted by Crippen LogP contribution is 2.17. The van der Waals surface area contributed by atoms with E-state index >= 15 is 0 Å². The van der Waals surface area contributed by atoms with Crippen LogP contribution in [0, 0.1) is 0 Å². The van der Waals surface area contributed by atoms with E-state index in [0.29, 0.717) is 18.9 Å². The molecular formula is C19H21NO5. The van der Waals surface area contributed by atoms with Gasteiger partial charge >= 0.3 is 5.97 Å². The minimum Gasteiger partial charge on any atom is -0.494 e. The molecule has 0 fully saturated rings. The van der Waals surface area contributed by atoms with Gasteiger partial charge in [-0.1, -0.05) is 12.1 Å². The molecule has 6 heteroatoms. The van der Waals surface area contributed by atoms with Gasteiger partial charge in [-0.15, -0.1) is 0 Å². The lowest BCUT2D eigenvalue weighted by Gasteiger charge is -2.17. The molecule has 0 atom stereocenters. The van der Waals surface area contributed by atoms with E-state index in [2.05, 4.69) is 0 Å². The van der Waals surface area contributed by atoms with E-state index in [4.69, 9.17) is 14.6 Å². The zero-order chi connectivity index (χ0) is 18.2. The number of carbonyl (C=O) groups is 2. The van der Waals surface area contributed by atoms with Crippen molar-refractivity contribution in [2.24, 2.45) is 0 Å². The maximum Gasteiger partial charge on any atom is 0.335 e. The van der Waals surface area contributed by atoms with E-state index in [9.17, 15) is 9.59 Å². The van der Waals surface area contributed by atoms with Gasteiger partial charge in [-0.05, 0) is 48.9 Å². The highest BCUT2D eigenvalue weighted by Gasteiger charge is 2.11. The van der Waals surface area contributed by atoms with E-state index in [-0.39, 0.29) is 18.1 Å². The zero-order valence-electron chi connectivity index (χ0n) is 14.3. The smallest absolute Gasteiger partial charge is 0.335 e. The SMILES string of the molecule is CCOc1ccc(OCC(=O)N(C)Cc2ccc(C(=O)O)cc2)cc1. The van der Waals surface area contributed by atoms with E-state index in [1.165, 1.54) is 17.0 Å². The van der Waals surface area contributed by atoms with Crippen molar-refractivity contribution in [3.63, 3.8) is 0 Å². The Morgan fingerprint density at radius 1 is 0.960 bits per heavy atom. The van der Waals surface area contributed by atoms with Crippen LogP contribution in [0.5, 0.6) is 11.5 Å². The Morgan fingerprint density at radius 2 is 1.52 bits per heavy atom. The monoisotopic (exact) mass is 343 g/mol. The normalized spacial score (nSPS) is 10.2. The fourth-order valence-corrected chi connectivity index (χ4v) is 2.17. The molecule has 0 aliphatic carbocycles. The molecule has 1 N–H and O–H groups in total. The number of aromatic carboxylic acids is 1. The van der Waals surface area contributed by atoms with Gasteiger partial charge in [0.15, 0.2) is 6.61 Å². The lowest BCUT2D eigenvalue weighted by Crippen LogP contribution is -2.30. The molecule has 0 bridgehead atoms. The lowest BCUT2D eigenvalue weighted by atomic mass is 10.1. The summed E-state index contributed by atoms with van der Waals surface area (Å²) in [5, 5.41) is 8.88. The number of hydrogen-bond acceptors (Lipinski definition) is 4. The second-order valence-corrected chi connectivity index (χ2v) is 5.44. The van der Waals surface area contributed by atoms with Gasteiger partial charge in [0.25, 0.3) is 5.91 Å². The predicted molar refractivity (Wildman–Crippen MR) is 93.0 cm³/mol. The Morgan fingerprint density at radius 3 is 2.04 bits per heavy atom. The first-order valence-electron chi connectivity index (χ1n) is 7.91. The second kappa shape index (κ2) is 8.73. The molecule has 2 aromatic carbocycles. The Labute approximate surface area is 146 Å². The van der Waals surface area contributed by atoms with Crippen LogP contribution in [-0.2, 0) is 11.3 Å². The fraction of sp³-hybridized carbons (Fsp3) is 0.263. The molecule has 25 heavy (non-hydrogen) atoms. The van der Waals surface area contributed by atoms with Crippen molar-refractivity contribution in [3.05, 3.63) is 59.7 Å². The van der Waals surface area contributed by atoms with Crippen LogP contribution in [-0.4, -0.2) is 42.1 Å². The first-order valence-corrected chi connectivity index (χ1v) is 7.91. The first-order chi connectivity index (χ1) is 12.0. The molecule has 0 aliphatic heterocycles. The summed E-state index contributed by atoms with van der Waals surface area (Å²) in [6.07, 6.45) is 0. The summed E-state index contributed by atoms with van der Waals surface area (Å²) < 4.78 is 10.8. The number of likely N-dealkylation sites (N-methyl/N-ethyl adjacent to an activating group) is 1. The molecule has 0 heterocycles. The second-order valence-electron chi connectivity index (χ2n) is 5.44. The van der Waals surface area contributed by atoms with Gasteiger partial charge in [0.2, 0.25) is 0 Å². The van der Waals surface area contributed by atoms with Crippen molar-refractivity contribution >= 4 is 11.9 Å². The summed E-state index contributed by atoms with van der Waals surface area (Å²) in [7, 11) is 1.68. The number of rotatable bonds is 8. The van der Waals surface area contributed by atoms with Crippen LogP contribution in [0.1, 0.15) is 22.8 Å². The Bertz CT molecular complexity index is 710. The summed E-state index contributed by atoms with van der Waals surface area (Å²) >= 11 is 0. The minimum atomic E-state index is -0.972.